The number of hydrogen-bond donors (Lipinski definition) is 0. The van der Waals surface area contributed by atoms with E-state index in [2.05, 4.69) is 0 Å². The second-order valence-electron chi connectivity index (χ2n) is 2.59. The lowest BCUT2D eigenvalue weighted by Gasteiger charge is -2.20. The number of ether oxygens (including phenoxy) is 1. The Labute approximate surface area is 75.8 Å². The first-order valence-corrected chi connectivity index (χ1v) is 5.74. The molecule has 0 rings (SSSR count). The van der Waals surface area contributed by atoms with Crippen LogP contribution in [0, 0.1) is 0 Å². The zero-order valence-corrected chi connectivity index (χ0v) is 8.73. The van der Waals surface area contributed by atoms with Crippen LogP contribution in [0.3, 0.4) is 0 Å². The van der Waals surface area contributed by atoms with Gasteiger partial charge in [-0.3, -0.25) is 9.59 Å². The van der Waals surface area contributed by atoms with Crippen LogP contribution in [0.15, 0.2) is 0 Å². The zero-order valence-electron chi connectivity index (χ0n) is 7.92. The molecule has 0 aromatic carbocycles. The Hall–Kier alpha value is -0.350. The van der Waals surface area contributed by atoms with Crippen molar-refractivity contribution in [2.24, 2.45) is 0 Å². The van der Waals surface area contributed by atoms with Gasteiger partial charge >= 0.3 is 4.93 Å². The van der Waals surface area contributed by atoms with E-state index in [1.807, 2.05) is 12.5 Å². The summed E-state index contributed by atoms with van der Waals surface area (Å²) < 4.78 is 5.20. The molecule has 0 aliphatic rings. The Morgan fingerprint density at radius 2 is 2.08 bits per heavy atom. The van der Waals surface area contributed by atoms with E-state index in [-0.39, 0.29) is 16.7 Å². The van der Waals surface area contributed by atoms with Crippen molar-refractivity contribution in [1.82, 2.24) is 0 Å². The van der Waals surface area contributed by atoms with E-state index in [0.29, 0.717) is 12.9 Å². The van der Waals surface area contributed by atoms with Crippen LogP contribution < -0.4 is 0 Å². The van der Waals surface area contributed by atoms with Gasteiger partial charge in [0.2, 0.25) is 12.1 Å². The molecule has 70 valence electrons. The van der Waals surface area contributed by atoms with E-state index >= 15 is 0 Å². The van der Waals surface area contributed by atoms with E-state index in [1.165, 1.54) is 6.92 Å². The highest BCUT2D eigenvalue weighted by Gasteiger charge is 2.48. The van der Waals surface area contributed by atoms with Gasteiger partial charge in [0.25, 0.3) is 0 Å². The number of hydrogen-bond acceptors (Lipinski definition) is 3. The third-order valence-electron chi connectivity index (χ3n) is 1.61. The molecule has 0 saturated heterocycles. The summed E-state index contributed by atoms with van der Waals surface area (Å²) in [6.07, 6.45) is 4.26. The Balaban J connectivity index is 4.75. The predicted molar refractivity (Wildman–Crippen MR) is 50.3 cm³/mol. The SMILES string of the molecule is CCOC(C=O)(C(C)=O)[S+](C)C. The monoisotopic (exact) mass is 191 g/mol. The fraction of sp³-hybridized carbons (Fsp3) is 0.750. The summed E-state index contributed by atoms with van der Waals surface area (Å²) >= 11 is 0. The molecule has 4 heteroatoms. The highest BCUT2D eigenvalue weighted by molar-refractivity contribution is 7.98. The van der Waals surface area contributed by atoms with Crippen molar-refractivity contribution >= 4 is 23.0 Å². The van der Waals surface area contributed by atoms with Gasteiger partial charge in [0.05, 0.1) is 6.61 Å². The van der Waals surface area contributed by atoms with Gasteiger partial charge in [-0.2, -0.15) is 0 Å². The summed E-state index contributed by atoms with van der Waals surface area (Å²) in [6.45, 7) is 3.54. The molecule has 0 aliphatic heterocycles. The Morgan fingerprint density at radius 3 is 2.17 bits per heavy atom. The Bertz CT molecular complexity index is 179. The molecular weight excluding hydrogens is 176 g/mol. The average molecular weight is 191 g/mol. The molecule has 0 amide bonds. The summed E-state index contributed by atoms with van der Waals surface area (Å²) in [7, 11) is -0.382. The summed E-state index contributed by atoms with van der Waals surface area (Å²) in [5.74, 6) is -0.215. The topological polar surface area (TPSA) is 43.4 Å². The largest absolute Gasteiger partial charge is 0.343 e. The van der Waals surface area contributed by atoms with E-state index in [4.69, 9.17) is 4.74 Å². The first kappa shape index (κ1) is 11.6. The van der Waals surface area contributed by atoms with Crippen molar-refractivity contribution in [3.8, 4) is 0 Å². The number of Topliss-reactive ketones (excluding diaryl/α,β-unsaturated/α-hetero) is 1. The van der Waals surface area contributed by atoms with Crippen LogP contribution in [0.2, 0.25) is 0 Å². The number of rotatable bonds is 5. The summed E-state index contributed by atoms with van der Waals surface area (Å²) in [4.78, 5) is 20.7. The van der Waals surface area contributed by atoms with Gasteiger partial charge in [0.15, 0.2) is 0 Å². The normalized spacial score (nSPS) is 15.8. The van der Waals surface area contributed by atoms with E-state index < -0.39 is 4.93 Å². The third-order valence-corrected chi connectivity index (χ3v) is 3.33. The third kappa shape index (κ3) is 2.08. The van der Waals surface area contributed by atoms with Crippen LogP contribution in [0.5, 0.6) is 0 Å². The smallest absolute Gasteiger partial charge is 0.320 e. The fourth-order valence-corrected chi connectivity index (χ4v) is 2.06. The van der Waals surface area contributed by atoms with Gasteiger partial charge in [-0.15, -0.1) is 0 Å². The summed E-state index contributed by atoms with van der Waals surface area (Å²) in [6, 6.07) is 0. The second-order valence-corrected chi connectivity index (χ2v) is 4.83. The van der Waals surface area contributed by atoms with Crippen LogP contribution >= 0.6 is 0 Å². The van der Waals surface area contributed by atoms with Crippen LogP contribution in [-0.4, -0.2) is 36.1 Å². The maximum absolute atomic E-state index is 11.2. The second kappa shape index (κ2) is 4.62. The van der Waals surface area contributed by atoms with Gasteiger partial charge in [-0.05, 0) is 6.92 Å². The van der Waals surface area contributed by atoms with Gasteiger partial charge in [0.1, 0.15) is 12.5 Å². The van der Waals surface area contributed by atoms with E-state index in [9.17, 15) is 9.59 Å². The van der Waals surface area contributed by atoms with Crippen molar-refractivity contribution in [3.63, 3.8) is 0 Å². The Morgan fingerprint density at radius 1 is 1.58 bits per heavy atom. The van der Waals surface area contributed by atoms with E-state index in [1.54, 1.807) is 6.92 Å². The van der Waals surface area contributed by atoms with Crippen molar-refractivity contribution < 1.29 is 14.3 Å². The highest BCUT2D eigenvalue weighted by Crippen LogP contribution is 2.17. The van der Waals surface area contributed by atoms with E-state index in [0.717, 1.165) is 0 Å². The molecule has 0 aromatic heterocycles. The summed E-state index contributed by atoms with van der Waals surface area (Å²) in [5.41, 5.74) is 0. The Kier molecular flexibility index (Phi) is 4.49. The minimum Gasteiger partial charge on any atom is -0.320 e. The lowest BCUT2D eigenvalue weighted by atomic mass is 10.3. The number of ketones is 1. The van der Waals surface area contributed by atoms with Crippen LogP contribution in [0.1, 0.15) is 13.8 Å². The quantitative estimate of drug-likeness (QED) is 0.358. The molecule has 0 spiro atoms. The molecule has 0 N–H and O–H groups in total. The number of carbonyl (C=O) groups excluding carboxylic acids is 2. The van der Waals surface area contributed by atoms with Crippen molar-refractivity contribution in [2.75, 3.05) is 19.1 Å². The molecule has 0 aliphatic carbocycles. The molecule has 1 atom stereocenters. The maximum atomic E-state index is 11.2. The van der Waals surface area contributed by atoms with Gasteiger partial charge in [-0.25, -0.2) is 0 Å². The molecule has 3 nitrogen and oxygen atoms in total. The number of aldehydes is 1. The zero-order chi connectivity index (χ0) is 9.78. The van der Waals surface area contributed by atoms with Crippen LogP contribution in [-0.2, 0) is 25.2 Å². The first-order valence-electron chi connectivity index (χ1n) is 3.70. The minimum absolute atomic E-state index is 0.215. The highest BCUT2D eigenvalue weighted by atomic mass is 32.2. The number of carbonyl (C=O) groups is 2. The summed E-state index contributed by atoms with van der Waals surface area (Å²) in [5, 5.41) is 0. The van der Waals surface area contributed by atoms with Gasteiger partial charge < -0.3 is 4.74 Å². The average Bonchev–Trinajstić information content (AvgIpc) is 1.98. The molecular formula is C8H15O3S+. The van der Waals surface area contributed by atoms with Crippen molar-refractivity contribution in [2.45, 2.75) is 18.8 Å². The van der Waals surface area contributed by atoms with Crippen LogP contribution in [0.25, 0.3) is 0 Å². The minimum atomic E-state index is -1.20. The van der Waals surface area contributed by atoms with Crippen LogP contribution in [0.4, 0.5) is 0 Å². The molecule has 0 radical (unpaired) electrons. The molecule has 0 saturated carbocycles. The van der Waals surface area contributed by atoms with Crippen molar-refractivity contribution in [1.29, 1.82) is 0 Å². The van der Waals surface area contributed by atoms with Crippen molar-refractivity contribution in [3.05, 3.63) is 0 Å². The molecule has 12 heavy (non-hydrogen) atoms. The first-order chi connectivity index (χ1) is 5.51. The molecule has 1 unspecified atom stereocenters. The van der Waals surface area contributed by atoms with Gasteiger partial charge in [0, 0.05) is 17.8 Å². The maximum Gasteiger partial charge on any atom is 0.343 e. The fourth-order valence-electron chi connectivity index (χ4n) is 0.935. The standard InChI is InChI=1S/C8H15O3S/c1-5-11-8(6-9,7(2)10)12(3)4/h6H,5H2,1-4H3/q+1. The lowest BCUT2D eigenvalue weighted by Crippen LogP contribution is -2.48. The lowest BCUT2D eigenvalue weighted by molar-refractivity contribution is -0.138. The molecule has 0 aromatic rings. The molecule has 0 fully saturated rings. The van der Waals surface area contributed by atoms with Gasteiger partial charge in [-0.1, -0.05) is 0 Å². The predicted octanol–water partition coefficient (Wildman–Crippen LogP) is 0.385. The molecule has 0 bridgehead atoms. The molecule has 0 heterocycles.